The lowest BCUT2D eigenvalue weighted by Gasteiger charge is -2.19. The molecule has 196 valence electrons. The number of aromatic nitrogens is 2. The van der Waals surface area contributed by atoms with Gasteiger partial charge in [-0.25, -0.2) is 4.98 Å². The van der Waals surface area contributed by atoms with Crippen molar-refractivity contribution in [1.29, 1.82) is 0 Å². The van der Waals surface area contributed by atoms with E-state index >= 15 is 0 Å². The minimum atomic E-state index is -4.55. The van der Waals surface area contributed by atoms with Crippen LogP contribution in [-0.4, -0.2) is 29.2 Å². The zero-order chi connectivity index (χ0) is 26.9. The third kappa shape index (κ3) is 5.38. The highest BCUT2D eigenvalue weighted by Crippen LogP contribution is 2.35. The number of nitrogens with zero attached hydrogens (tertiary/aromatic N) is 2. The number of nitrogens with one attached hydrogen (secondary N) is 2. The van der Waals surface area contributed by atoms with Crippen LogP contribution in [0.1, 0.15) is 26.0 Å². The van der Waals surface area contributed by atoms with Crippen molar-refractivity contribution in [2.45, 2.75) is 32.5 Å². The monoisotopic (exact) mass is 516 g/mol. The summed E-state index contributed by atoms with van der Waals surface area (Å²) < 4.78 is 42.7. The second-order valence-electron chi connectivity index (χ2n) is 10.1. The summed E-state index contributed by atoms with van der Waals surface area (Å²) in [6.07, 6.45) is -2.43. The molecule has 2 N–H and O–H groups in total. The Labute approximate surface area is 220 Å². The topological polar surface area (TPSA) is 41.9 Å². The van der Waals surface area contributed by atoms with E-state index in [4.69, 9.17) is 0 Å². The molecule has 5 rings (SSSR count). The van der Waals surface area contributed by atoms with Crippen LogP contribution < -0.4 is 10.6 Å². The van der Waals surface area contributed by atoms with Gasteiger partial charge in [0.2, 0.25) is 0 Å². The average molecular weight is 517 g/mol. The molecule has 0 aliphatic rings. The summed E-state index contributed by atoms with van der Waals surface area (Å²) in [6.45, 7) is 5.14. The second kappa shape index (κ2) is 10.5. The largest absolute Gasteiger partial charge is 0.434 e. The van der Waals surface area contributed by atoms with E-state index in [1.54, 1.807) is 0 Å². The Morgan fingerprint density at radius 1 is 0.868 bits per heavy atom. The summed E-state index contributed by atoms with van der Waals surface area (Å²) in [7, 11) is 1.95. The third-order valence-electron chi connectivity index (χ3n) is 6.86. The molecule has 0 saturated carbocycles. The van der Waals surface area contributed by atoms with Gasteiger partial charge in [0.25, 0.3) is 0 Å². The fourth-order valence-corrected chi connectivity index (χ4v) is 4.92. The zero-order valence-electron chi connectivity index (χ0n) is 21.7. The summed E-state index contributed by atoms with van der Waals surface area (Å²) in [5.41, 5.74) is 1.22. The molecule has 0 radical (unpaired) electrons. The van der Waals surface area contributed by atoms with Gasteiger partial charge in [-0.2, -0.15) is 13.2 Å². The van der Waals surface area contributed by atoms with E-state index in [9.17, 15) is 13.2 Å². The molecule has 0 saturated heterocycles. The molecule has 0 bridgehead atoms. The van der Waals surface area contributed by atoms with Gasteiger partial charge in [-0.3, -0.25) is 4.57 Å². The van der Waals surface area contributed by atoms with E-state index < -0.39 is 11.9 Å². The first-order chi connectivity index (χ1) is 18.2. The van der Waals surface area contributed by atoms with Crippen LogP contribution in [-0.2, 0) is 6.18 Å². The van der Waals surface area contributed by atoms with Crippen molar-refractivity contribution in [3.63, 3.8) is 0 Å². The average Bonchev–Trinajstić information content (AvgIpc) is 3.37. The molecule has 0 unspecified atom stereocenters. The van der Waals surface area contributed by atoms with E-state index in [2.05, 4.69) is 35.5 Å². The summed E-state index contributed by atoms with van der Waals surface area (Å²) in [5, 5.41) is 11.0. The van der Waals surface area contributed by atoms with Gasteiger partial charge in [-0.05, 0) is 71.3 Å². The maximum Gasteiger partial charge on any atom is 0.434 e. The van der Waals surface area contributed by atoms with Gasteiger partial charge in [-0.1, -0.05) is 62.4 Å². The number of rotatable bonds is 8. The fraction of sp³-hybridized carbons (Fsp3) is 0.258. The van der Waals surface area contributed by atoms with Crippen molar-refractivity contribution in [2.75, 3.05) is 18.9 Å². The minimum absolute atomic E-state index is 0.250. The number of alkyl halides is 3. The third-order valence-corrected chi connectivity index (χ3v) is 6.86. The normalized spacial score (nSPS) is 12.9. The number of imidazole rings is 1. The molecular weight excluding hydrogens is 485 g/mol. The van der Waals surface area contributed by atoms with Crippen LogP contribution in [0.25, 0.3) is 38.6 Å². The first-order valence-electron chi connectivity index (χ1n) is 12.8. The van der Waals surface area contributed by atoms with Crippen LogP contribution in [0.5, 0.6) is 0 Å². The first kappa shape index (κ1) is 25.8. The van der Waals surface area contributed by atoms with Crippen molar-refractivity contribution < 1.29 is 13.2 Å². The van der Waals surface area contributed by atoms with Crippen molar-refractivity contribution in [2.24, 2.45) is 5.92 Å². The number of hydrogen-bond acceptors (Lipinski definition) is 3. The summed E-state index contributed by atoms with van der Waals surface area (Å²) in [6, 6.07) is 25.6. The summed E-state index contributed by atoms with van der Waals surface area (Å²) in [5.74, 6) is 0.827. The van der Waals surface area contributed by atoms with Crippen LogP contribution in [0.3, 0.4) is 0 Å². The Morgan fingerprint density at radius 2 is 1.58 bits per heavy atom. The van der Waals surface area contributed by atoms with Crippen molar-refractivity contribution >= 4 is 27.2 Å². The highest BCUT2D eigenvalue weighted by molar-refractivity contribution is 6.08. The number of fused-ring (bicyclic) bond motifs is 3. The van der Waals surface area contributed by atoms with Crippen molar-refractivity contribution in [3.8, 4) is 17.1 Å². The SMILES string of the molecule is CN[C@H](CNc1ccc(-n2cc(C(F)(F)F)nc2-c2ccc3c(ccc4ccccc43)c2)cc1)CC(C)C. The molecule has 0 fully saturated rings. The quantitative estimate of drug-likeness (QED) is 0.206. The van der Waals surface area contributed by atoms with Crippen molar-refractivity contribution in [3.05, 3.63) is 90.8 Å². The van der Waals surface area contributed by atoms with Gasteiger partial charge >= 0.3 is 6.18 Å². The molecule has 38 heavy (non-hydrogen) atoms. The van der Waals surface area contributed by atoms with Crippen LogP contribution in [0.4, 0.5) is 18.9 Å². The second-order valence-corrected chi connectivity index (χ2v) is 10.1. The van der Waals surface area contributed by atoms with Crippen LogP contribution in [0.2, 0.25) is 0 Å². The zero-order valence-corrected chi connectivity index (χ0v) is 21.7. The smallest absolute Gasteiger partial charge is 0.383 e. The highest BCUT2D eigenvalue weighted by atomic mass is 19.4. The van der Waals surface area contributed by atoms with E-state index in [0.717, 1.165) is 46.4 Å². The molecule has 0 amide bonds. The van der Waals surface area contributed by atoms with Gasteiger partial charge in [0.1, 0.15) is 5.82 Å². The van der Waals surface area contributed by atoms with Crippen LogP contribution >= 0.6 is 0 Å². The number of hydrogen-bond donors (Lipinski definition) is 2. The molecule has 7 heteroatoms. The molecule has 1 aromatic heterocycles. The first-order valence-corrected chi connectivity index (χ1v) is 12.8. The number of anilines is 1. The highest BCUT2D eigenvalue weighted by Gasteiger charge is 2.35. The predicted molar refractivity (Wildman–Crippen MR) is 150 cm³/mol. The Morgan fingerprint density at radius 3 is 2.29 bits per heavy atom. The Bertz CT molecular complexity index is 1550. The van der Waals surface area contributed by atoms with Gasteiger partial charge in [-0.15, -0.1) is 0 Å². The lowest BCUT2D eigenvalue weighted by Crippen LogP contribution is -2.33. The molecule has 0 aliphatic carbocycles. The van der Waals surface area contributed by atoms with Gasteiger partial charge in [0, 0.05) is 35.7 Å². The van der Waals surface area contributed by atoms with Crippen LogP contribution in [0, 0.1) is 5.92 Å². The predicted octanol–water partition coefficient (Wildman–Crippen LogP) is 7.91. The molecule has 1 heterocycles. The van der Waals surface area contributed by atoms with E-state index in [1.165, 1.54) is 4.57 Å². The Balaban J connectivity index is 1.49. The fourth-order valence-electron chi connectivity index (χ4n) is 4.92. The van der Waals surface area contributed by atoms with Gasteiger partial charge < -0.3 is 10.6 Å². The Hall–Kier alpha value is -3.84. The van der Waals surface area contributed by atoms with Gasteiger partial charge in [0.15, 0.2) is 5.69 Å². The lowest BCUT2D eigenvalue weighted by molar-refractivity contribution is -0.140. The molecule has 1 atom stereocenters. The number of likely N-dealkylation sites (N-methyl/N-ethyl adjacent to an activating group) is 1. The lowest BCUT2D eigenvalue weighted by atomic mass is 10.00. The summed E-state index contributed by atoms with van der Waals surface area (Å²) in [4.78, 5) is 4.03. The molecule has 0 spiro atoms. The molecule has 5 aromatic rings. The number of halogens is 3. The van der Waals surface area contributed by atoms with Crippen LogP contribution in [0.15, 0.2) is 85.1 Å². The molecule has 4 nitrogen and oxygen atoms in total. The van der Waals surface area contributed by atoms with E-state index in [-0.39, 0.29) is 5.82 Å². The molecule has 4 aromatic carbocycles. The van der Waals surface area contributed by atoms with Gasteiger partial charge in [0.05, 0.1) is 0 Å². The molecular formula is C31H31F3N4. The number of benzene rings is 4. The maximum atomic E-state index is 13.7. The summed E-state index contributed by atoms with van der Waals surface area (Å²) >= 11 is 0. The Kier molecular flexibility index (Phi) is 7.13. The molecule has 0 aliphatic heterocycles. The standard InChI is InChI=1S/C31H31F3N4/c1-20(2)16-25(35-3)18-36-24-11-13-26(14-12-24)38-19-29(31(32,33)34)37-30(38)23-10-15-28-22(17-23)9-8-21-6-4-5-7-27(21)28/h4-15,17,19-20,25,35-36H,16,18H2,1-3H3/t25-/m0/s1. The maximum absolute atomic E-state index is 13.7. The minimum Gasteiger partial charge on any atom is -0.383 e. The van der Waals surface area contributed by atoms with E-state index in [0.29, 0.717) is 23.2 Å². The van der Waals surface area contributed by atoms with Crippen molar-refractivity contribution in [1.82, 2.24) is 14.9 Å². The van der Waals surface area contributed by atoms with E-state index in [1.807, 2.05) is 79.8 Å².